The van der Waals surface area contributed by atoms with Crippen molar-refractivity contribution in [1.29, 1.82) is 0 Å². The summed E-state index contributed by atoms with van der Waals surface area (Å²) in [5.41, 5.74) is 14.3. The zero-order valence-corrected chi connectivity index (χ0v) is 57.1. The van der Waals surface area contributed by atoms with Gasteiger partial charge in [0.2, 0.25) is 23.0 Å². The number of rotatable bonds is 11. The van der Waals surface area contributed by atoms with Crippen molar-refractivity contribution < 1.29 is 19.2 Å². The Morgan fingerprint density at radius 2 is 0.989 bits per heavy atom. The van der Waals surface area contributed by atoms with E-state index in [1.807, 2.05) is 44.4 Å². The molecule has 6 aromatic heterocycles. The first kappa shape index (κ1) is 72.4. The van der Waals surface area contributed by atoms with Crippen LogP contribution < -0.4 is 32.7 Å². The number of fused-ring (bicyclic) bond motifs is 2. The number of nitrogens with one attached hydrogen (secondary N) is 4. The summed E-state index contributed by atoms with van der Waals surface area (Å²) in [6, 6.07) is 0.457. The number of aryl methyl sites for hydroxylation is 2. The standard InChI is InChI=1S/C19H28N6O.C11H17ClN4O.C11H15ClN4.C8H14N2O.C6H9ClN4.C5H9ClO/c1-5-25-16-14(23-18(25)19(2,3)4)15(20-11-21-16)22-13-8-9-24(10-13)17(26)12-6-7-12;1-5-13-9-7(8(12)14-6-15-9)16-10(17)11(2,3)4;1-5-16-9-7(8(12)13-6-14-9)15-10(16)11(2,3)4;9-7-3-4-10(5-7)8(11)6-1-2-6;1-2-9-6-4(8)5(7)10-3-11-6;1-5(2,3)4(6)7/h11-13H,5-10H2,1-4H3,(H,20,21,22);6H,5H2,1-4H3,(H,16,17)(H,13,14,15);6H,5H2,1-4H3;6-7H,1-5,9H2;3H,2,8H2,1H3,(H,9,10,11);1-3H3/t13-;;;7-;;/m0..0../s1. The summed E-state index contributed by atoms with van der Waals surface area (Å²) in [6.45, 7) is 38.1. The highest BCUT2D eigenvalue weighted by molar-refractivity contribution is 6.64. The lowest BCUT2D eigenvalue weighted by Gasteiger charge is -2.19. The predicted molar refractivity (Wildman–Crippen MR) is 353 cm³/mol. The molecule has 2 saturated heterocycles. The lowest BCUT2D eigenvalue weighted by Crippen LogP contribution is -2.32. The van der Waals surface area contributed by atoms with Crippen LogP contribution in [0.25, 0.3) is 22.3 Å². The Morgan fingerprint density at radius 3 is 1.45 bits per heavy atom. The van der Waals surface area contributed by atoms with Gasteiger partial charge < -0.3 is 51.7 Å². The highest BCUT2D eigenvalue weighted by Crippen LogP contribution is 2.35. The molecule has 2 atom stereocenters. The molecule has 28 heteroatoms. The molecule has 10 rings (SSSR count). The van der Waals surface area contributed by atoms with Crippen molar-refractivity contribution >= 4 is 121 Å². The number of anilines is 5. The lowest BCUT2D eigenvalue weighted by molar-refractivity contribution is -0.132. The van der Waals surface area contributed by atoms with Crippen molar-refractivity contribution in [2.24, 2.45) is 28.4 Å². The average Bonchev–Trinajstić information content (AvgIpc) is 2.46. The maximum atomic E-state index is 12.3. The SMILES string of the molecule is CC(C)(C)C(=O)Cl.CCNc1ncnc(Cl)c1N.CCNc1ncnc(Cl)c1NC(=O)C(C)(C)C.CCn1c(C(C)(C)C)nc2c(Cl)ncnc21.CCn1c(C(C)(C)C)nc2c(N[C@H]3CCN(C(=O)C4CC4)C3)ncnc21.N[C@H]1CCN(C(=O)C2CC2)C1. The molecule has 6 aromatic rings. The third-order valence-electron chi connectivity index (χ3n) is 14.1. The van der Waals surface area contributed by atoms with Crippen molar-refractivity contribution in [3.8, 4) is 0 Å². The molecule has 0 bridgehead atoms. The van der Waals surface area contributed by atoms with Gasteiger partial charge in [-0.2, -0.15) is 0 Å². The molecular formula is C60H92Cl4N20O4. The third kappa shape index (κ3) is 20.3. The molecule has 4 fully saturated rings. The number of likely N-dealkylation sites (tertiary alicyclic amines) is 2. The summed E-state index contributed by atoms with van der Waals surface area (Å²) in [7, 11) is 0. The van der Waals surface area contributed by atoms with Crippen LogP contribution in [0.2, 0.25) is 15.5 Å². The summed E-state index contributed by atoms with van der Waals surface area (Å²) >= 11 is 22.7. The summed E-state index contributed by atoms with van der Waals surface area (Å²) in [5, 5.41) is 12.9. The number of imidazole rings is 2. The fourth-order valence-corrected chi connectivity index (χ4v) is 9.38. The monoisotopic (exact) mass is 1300 g/mol. The zero-order chi connectivity index (χ0) is 65.6. The number of carbonyl (C=O) groups excluding carboxylic acids is 4. The number of amides is 3. The minimum Gasteiger partial charge on any atom is -0.393 e. The Kier molecular flexibility index (Phi) is 25.8. The molecule has 2 aliphatic heterocycles. The van der Waals surface area contributed by atoms with E-state index in [0.717, 1.165) is 119 Å². The van der Waals surface area contributed by atoms with Gasteiger partial charge in [-0.25, -0.2) is 49.8 Å². The van der Waals surface area contributed by atoms with Crippen molar-refractivity contribution in [3.05, 3.63) is 52.4 Å². The van der Waals surface area contributed by atoms with E-state index in [1.165, 1.54) is 19.0 Å². The Hall–Kier alpha value is -6.34. The molecule has 2 aliphatic carbocycles. The van der Waals surface area contributed by atoms with E-state index in [9.17, 15) is 19.2 Å². The van der Waals surface area contributed by atoms with Crippen LogP contribution in [0, 0.1) is 22.7 Å². The second-order valence-electron chi connectivity index (χ2n) is 26.0. The van der Waals surface area contributed by atoms with Gasteiger partial charge in [0.15, 0.2) is 49.7 Å². The smallest absolute Gasteiger partial charge is 0.229 e. The van der Waals surface area contributed by atoms with Crippen molar-refractivity contribution in [3.63, 3.8) is 0 Å². The van der Waals surface area contributed by atoms with E-state index < -0.39 is 5.41 Å². The van der Waals surface area contributed by atoms with E-state index in [0.29, 0.717) is 58.0 Å². The molecule has 8 heterocycles. The number of nitrogens with zero attached hydrogens (tertiary/aromatic N) is 14. The molecule has 8 N–H and O–H groups in total. The van der Waals surface area contributed by atoms with Crippen LogP contribution in [0.3, 0.4) is 0 Å². The quantitative estimate of drug-likeness (QED) is 0.0519. The molecule has 0 aromatic carbocycles. The lowest BCUT2D eigenvalue weighted by atomic mass is 9.95. The molecule has 2 saturated carbocycles. The Balaban J connectivity index is 0.000000202. The normalized spacial score (nSPS) is 16.5. The Bertz CT molecular complexity index is 3320. The molecular weight excluding hydrogens is 1210 g/mol. The first-order valence-electron chi connectivity index (χ1n) is 30.1. The van der Waals surface area contributed by atoms with Gasteiger partial charge in [-0.15, -0.1) is 0 Å². The fraction of sp³-hybridized carbons (Fsp3) is 0.633. The van der Waals surface area contributed by atoms with Gasteiger partial charge in [0.25, 0.3) is 0 Å². The fourth-order valence-electron chi connectivity index (χ4n) is 8.89. The average molecular weight is 1300 g/mol. The summed E-state index contributed by atoms with van der Waals surface area (Å²) in [4.78, 5) is 91.8. The highest BCUT2D eigenvalue weighted by atomic mass is 35.5. The van der Waals surface area contributed by atoms with Gasteiger partial charge in [0, 0.05) is 97.9 Å². The maximum absolute atomic E-state index is 12.3. The molecule has 484 valence electrons. The van der Waals surface area contributed by atoms with Crippen LogP contribution in [-0.2, 0) is 43.1 Å². The molecule has 0 spiro atoms. The number of nitrogen functional groups attached to an aromatic ring is 1. The molecule has 4 aliphatic rings. The predicted octanol–water partition coefficient (Wildman–Crippen LogP) is 10.8. The molecule has 0 radical (unpaired) electrons. The first-order chi connectivity index (χ1) is 41.2. The second-order valence-corrected chi connectivity index (χ2v) is 27.4. The highest BCUT2D eigenvalue weighted by Gasteiger charge is 2.38. The van der Waals surface area contributed by atoms with Crippen LogP contribution in [0.4, 0.5) is 28.8 Å². The van der Waals surface area contributed by atoms with Crippen molar-refractivity contribution in [1.82, 2.24) is 68.8 Å². The van der Waals surface area contributed by atoms with Crippen LogP contribution in [-0.4, -0.2) is 143 Å². The van der Waals surface area contributed by atoms with Crippen LogP contribution >= 0.6 is 46.4 Å². The summed E-state index contributed by atoms with van der Waals surface area (Å²) in [6.07, 6.45) is 12.1. The minimum absolute atomic E-state index is 0.0277. The molecule has 24 nitrogen and oxygen atoms in total. The van der Waals surface area contributed by atoms with Gasteiger partial charge in [0.1, 0.15) is 53.8 Å². The van der Waals surface area contributed by atoms with Crippen LogP contribution in [0.15, 0.2) is 25.3 Å². The van der Waals surface area contributed by atoms with Gasteiger partial charge >= 0.3 is 0 Å². The van der Waals surface area contributed by atoms with Gasteiger partial charge in [0.05, 0.1) is 0 Å². The Morgan fingerprint density at radius 1 is 0.557 bits per heavy atom. The van der Waals surface area contributed by atoms with Crippen molar-refractivity contribution in [2.45, 2.75) is 185 Å². The van der Waals surface area contributed by atoms with Crippen molar-refractivity contribution in [2.75, 3.05) is 66.3 Å². The van der Waals surface area contributed by atoms with E-state index in [4.69, 9.17) is 62.9 Å². The number of carbonyl (C=O) groups is 4. The topological polar surface area (TPSA) is 314 Å². The number of hydrogen-bond acceptors (Lipinski definition) is 19. The van der Waals surface area contributed by atoms with Gasteiger partial charge in [-0.05, 0) is 77.8 Å². The Labute approximate surface area is 538 Å². The largest absolute Gasteiger partial charge is 0.393 e. The number of hydrogen-bond donors (Lipinski definition) is 6. The number of nitrogens with two attached hydrogens (primary N) is 2. The first-order valence-corrected chi connectivity index (χ1v) is 31.6. The maximum Gasteiger partial charge on any atom is 0.229 e. The zero-order valence-electron chi connectivity index (χ0n) is 54.1. The minimum atomic E-state index is -0.497. The number of halogens is 4. The van der Waals surface area contributed by atoms with Crippen LogP contribution in [0.5, 0.6) is 0 Å². The summed E-state index contributed by atoms with van der Waals surface area (Å²) in [5.74, 6) is 5.10. The van der Waals surface area contributed by atoms with Crippen LogP contribution in [0.1, 0.15) is 161 Å². The number of aromatic nitrogens is 12. The van der Waals surface area contributed by atoms with E-state index >= 15 is 0 Å². The van der Waals surface area contributed by atoms with E-state index in [1.54, 1.807) is 27.1 Å². The van der Waals surface area contributed by atoms with E-state index in [2.05, 4.69) is 131 Å². The molecule has 0 unspecified atom stereocenters. The molecule has 3 amide bonds. The van der Waals surface area contributed by atoms with Gasteiger partial charge in [-0.1, -0.05) is 118 Å². The van der Waals surface area contributed by atoms with Gasteiger partial charge in [-0.3, -0.25) is 19.2 Å². The van der Waals surface area contributed by atoms with E-state index in [-0.39, 0.29) is 55.7 Å². The molecule has 88 heavy (non-hydrogen) atoms. The second kappa shape index (κ2) is 31.4. The third-order valence-corrected chi connectivity index (χ3v) is 15.5. The summed E-state index contributed by atoms with van der Waals surface area (Å²) < 4.78 is 4.25.